The van der Waals surface area contributed by atoms with Gasteiger partial charge >= 0.3 is 0 Å². The number of ether oxygens (including phenoxy) is 3. The van der Waals surface area contributed by atoms with E-state index in [1.165, 1.54) is 0 Å². The fraction of sp³-hybridized carbons (Fsp3) is 0.350. The van der Waals surface area contributed by atoms with Crippen LogP contribution in [0.15, 0.2) is 40.9 Å². The van der Waals surface area contributed by atoms with Gasteiger partial charge in [-0.2, -0.15) is 0 Å². The molecule has 1 unspecified atom stereocenters. The molecule has 0 aromatic heterocycles. The Bertz CT molecular complexity index is 793. The first kappa shape index (κ1) is 18.6. The highest BCUT2D eigenvalue weighted by Crippen LogP contribution is 2.33. The molecule has 0 radical (unpaired) electrons. The molecule has 2 aromatic rings. The second kappa shape index (κ2) is 8.45. The Morgan fingerprint density at radius 3 is 2.73 bits per heavy atom. The van der Waals surface area contributed by atoms with Crippen LogP contribution in [0.4, 0.5) is 0 Å². The van der Waals surface area contributed by atoms with Crippen molar-refractivity contribution in [1.82, 2.24) is 5.32 Å². The lowest BCUT2D eigenvalue weighted by Gasteiger charge is -2.24. The molecule has 1 heterocycles. The zero-order chi connectivity index (χ0) is 18.5. The summed E-state index contributed by atoms with van der Waals surface area (Å²) in [5, 5.41) is 3.01. The van der Waals surface area contributed by atoms with Crippen molar-refractivity contribution in [3.05, 3.63) is 52.0 Å². The minimum Gasteiger partial charge on any atom is -0.493 e. The maximum absolute atomic E-state index is 12.5. The molecule has 2 aromatic carbocycles. The van der Waals surface area contributed by atoms with E-state index in [-0.39, 0.29) is 11.8 Å². The van der Waals surface area contributed by atoms with E-state index in [0.29, 0.717) is 37.5 Å². The molecule has 1 N–H and O–H groups in total. The van der Waals surface area contributed by atoms with Gasteiger partial charge in [-0.1, -0.05) is 34.1 Å². The number of hydrogen-bond donors (Lipinski definition) is 1. The van der Waals surface area contributed by atoms with Crippen molar-refractivity contribution in [1.29, 1.82) is 0 Å². The Balaban J connectivity index is 1.56. The normalized spacial score (nSPS) is 15.6. The fourth-order valence-corrected chi connectivity index (χ4v) is 3.57. The largest absolute Gasteiger partial charge is 0.493 e. The van der Waals surface area contributed by atoms with Gasteiger partial charge in [-0.15, -0.1) is 0 Å². The summed E-state index contributed by atoms with van der Waals surface area (Å²) in [7, 11) is 3.22. The Morgan fingerprint density at radius 2 is 1.96 bits per heavy atom. The first-order valence-corrected chi connectivity index (χ1v) is 9.30. The maximum atomic E-state index is 12.5. The maximum Gasteiger partial charge on any atom is 0.226 e. The highest BCUT2D eigenvalue weighted by Gasteiger charge is 2.25. The molecule has 0 bridgehead atoms. The molecule has 5 nitrogen and oxygen atoms in total. The molecule has 0 saturated heterocycles. The van der Waals surface area contributed by atoms with E-state index in [9.17, 15) is 4.79 Å². The molecule has 1 aliphatic rings. The van der Waals surface area contributed by atoms with Crippen LogP contribution in [0.5, 0.6) is 17.2 Å². The van der Waals surface area contributed by atoms with Crippen LogP contribution in [0.25, 0.3) is 0 Å². The summed E-state index contributed by atoms with van der Waals surface area (Å²) >= 11 is 3.54. The summed E-state index contributed by atoms with van der Waals surface area (Å²) in [6.45, 7) is 0.966. The molecule has 138 valence electrons. The van der Waals surface area contributed by atoms with E-state index in [2.05, 4.69) is 21.2 Å². The van der Waals surface area contributed by atoms with Crippen LogP contribution in [-0.2, 0) is 17.6 Å². The predicted octanol–water partition coefficient (Wildman–Crippen LogP) is 3.38. The first-order chi connectivity index (χ1) is 12.6. The van der Waals surface area contributed by atoms with Crippen molar-refractivity contribution in [2.24, 2.45) is 5.92 Å². The van der Waals surface area contributed by atoms with Crippen molar-refractivity contribution < 1.29 is 19.0 Å². The molecular weight excluding hydrogens is 398 g/mol. The van der Waals surface area contributed by atoms with E-state index < -0.39 is 0 Å². The van der Waals surface area contributed by atoms with Crippen LogP contribution in [0.2, 0.25) is 0 Å². The highest BCUT2D eigenvalue weighted by molar-refractivity contribution is 9.10. The van der Waals surface area contributed by atoms with Gasteiger partial charge in [-0.3, -0.25) is 4.79 Å². The van der Waals surface area contributed by atoms with Crippen molar-refractivity contribution in [2.75, 3.05) is 27.4 Å². The van der Waals surface area contributed by atoms with Crippen LogP contribution in [0.1, 0.15) is 11.1 Å². The lowest BCUT2D eigenvalue weighted by atomic mass is 9.96. The number of benzene rings is 2. The van der Waals surface area contributed by atoms with Crippen LogP contribution in [0, 0.1) is 5.92 Å². The fourth-order valence-electron chi connectivity index (χ4n) is 3.05. The molecule has 0 aliphatic carbocycles. The van der Waals surface area contributed by atoms with Gasteiger partial charge in [-0.25, -0.2) is 0 Å². The van der Waals surface area contributed by atoms with Gasteiger partial charge in [0.1, 0.15) is 12.4 Å². The number of para-hydroxylation sites is 1. The average Bonchev–Trinajstić information content (AvgIpc) is 2.68. The molecule has 3 rings (SSSR count). The zero-order valence-corrected chi connectivity index (χ0v) is 16.5. The number of methoxy groups -OCH3 is 2. The summed E-state index contributed by atoms with van der Waals surface area (Å²) in [6, 6.07) is 11.7. The third-order valence-electron chi connectivity index (χ3n) is 4.50. The van der Waals surface area contributed by atoms with Crippen LogP contribution >= 0.6 is 15.9 Å². The van der Waals surface area contributed by atoms with E-state index in [0.717, 1.165) is 21.3 Å². The first-order valence-electron chi connectivity index (χ1n) is 8.51. The lowest BCUT2D eigenvalue weighted by Crippen LogP contribution is -2.38. The Hall–Kier alpha value is -2.21. The number of fused-ring (bicyclic) bond motifs is 1. The number of carbonyl (C=O) groups is 1. The molecule has 0 saturated carbocycles. The summed E-state index contributed by atoms with van der Waals surface area (Å²) in [6.07, 6.45) is 1.40. The van der Waals surface area contributed by atoms with E-state index in [1.807, 2.05) is 36.4 Å². The van der Waals surface area contributed by atoms with Crippen molar-refractivity contribution >= 4 is 21.8 Å². The number of rotatable bonds is 6. The number of carbonyl (C=O) groups excluding carboxylic acids is 1. The predicted molar refractivity (Wildman–Crippen MR) is 103 cm³/mol. The average molecular weight is 420 g/mol. The summed E-state index contributed by atoms with van der Waals surface area (Å²) < 4.78 is 17.3. The molecule has 1 aliphatic heterocycles. The molecule has 1 atom stereocenters. The zero-order valence-electron chi connectivity index (χ0n) is 14.9. The van der Waals surface area contributed by atoms with Gasteiger partial charge in [0.25, 0.3) is 0 Å². The summed E-state index contributed by atoms with van der Waals surface area (Å²) in [5.74, 6) is 2.10. The topological polar surface area (TPSA) is 56.8 Å². The number of amides is 1. The van der Waals surface area contributed by atoms with E-state index >= 15 is 0 Å². The second-order valence-electron chi connectivity index (χ2n) is 6.16. The third kappa shape index (κ3) is 4.12. The van der Waals surface area contributed by atoms with E-state index in [1.54, 1.807) is 14.2 Å². The van der Waals surface area contributed by atoms with Gasteiger partial charge in [0.15, 0.2) is 11.5 Å². The lowest BCUT2D eigenvalue weighted by molar-refractivity contribution is -0.126. The van der Waals surface area contributed by atoms with Crippen LogP contribution < -0.4 is 19.5 Å². The number of hydrogen-bond acceptors (Lipinski definition) is 4. The third-order valence-corrected chi connectivity index (χ3v) is 5.23. The molecule has 26 heavy (non-hydrogen) atoms. The monoisotopic (exact) mass is 419 g/mol. The van der Waals surface area contributed by atoms with Gasteiger partial charge < -0.3 is 19.5 Å². The minimum absolute atomic E-state index is 0.0242. The van der Waals surface area contributed by atoms with Crippen LogP contribution in [-0.4, -0.2) is 33.3 Å². The standard InChI is InChI=1S/C20H22BrNO4/c1-24-18-10-13(16(21)11-19(18)25-2)7-8-22-20(23)15-9-14-5-3-4-6-17(14)26-12-15/h3-6,10-11,15H,7-9,12H2,1-2H3,(H,22,23). The van der Waals surface area contributed by atoms with Gasteiger partial charge in [0, 0.05) is 11.0 Å². The molecule has 0 fully saturated rings. The Kier molecular flexibility index (Phi) is 6.04. The minimum atomic E-state index is -0.154. The molecule has 0 spiro atoms. The number of halogens is 1. The smallest absolute Gasteiger partial charge is 0.226 e. The highest BCUT2D eigenvalue weighted by atomic mass is 79.9. The quantitative estimate of drug-likeness (QED) is 0.779. The summed E-state index contributed by atoms with van der Waals surface area (Å²) in [4.78, 5) is 12.5. The van der Waals surface area contributed by atoms with Gasteiger partial charge in [-0.05, 0) is 42.2 Å². The molecule has 6 heteroatoms. The van der Waals surface area contributed by atoms with Crippen molar-refractivity contribution in [3.8, 4) is 17.2 Å². The van der Waals surface area contributed by atoms with Crippen LogP contribution in [0.3, 0.4) is 0 Å². The molecular formula is C20H22BrNO4. The van der Waals surface area contributed by atoms with Crippen molar-refractivity contribution in [3.63, 3.8) is 0 Å². The SMILES string of the molecule is COc1cc(Br)c(CCNC(=O)C2COc3ccccc3C2)cc1OC. The van der Waals surface area contributed by atoms with Gasteiger partial charge in [0.2, 0.25) is 5.91 Å². The van der Waals surface area contributed by atoms with Crippen molar-refractivity contribution in [2.45, 2.75) is 12.8 Å². The summed E-state index contributed by atoms with van der Waals surface area (Å²) in [5.41, 5.74) is 2.13. The molecule has 1 amide bonds. The number of nitrogens with one attached hydrogen (secondary N) is 1. The Morgan fingerprint density at radius 1 is 1.23 bits per heavy atom. The van der Waals surface area contributed by atoms with Gasteiger partial charge in [0.05, 0.1) is 20.1 Å². The second-order valence-corrected chi connectivity index (χ2v) is 7.01. The van der Waals surface area contributed by atoms with E-state index in [4.69, 9.17) is 14.2 Å². The Labute approximate surface area is 161 Å².